The maximum atomic E-state index is 12.6. The third-order valence-corrected chi connectivity index (χ3v) is 3.68. The Kier molecular flexibility index (Phi) is 5.03. The molecule has 0 spiro atoms. The van der Waals surface area contributed by atoms with Crippen molar-refractivity contribution in [3.8, 4) is 0 Å². The van der Waals surface area contributed by atoms with Gasteiger partial charge in [0, 0.05) is 25.7 Å². The molecule has 7 heteroatoms. The van der Waals surface area contributed by atoms with Crippen LogP contribution in [-0.2, 0) is 6.54 Å². The van der Waals surface area contributed by atoms with Gasteiger partial charge in [0.05, 0.1) is 11.6 Å². The molecular formula is C14H21F3N4. The smallest absolute Gasteiger partial charge is 0.355 e. The molecule has 4 nitrogen and oxygen atoms in total. The molecule has 1 aromatic heterocycles. The van der Waals surface area contributed by atoms with E-state index in [9.17, 15) is 13.2 Å². The Morgan fingerprint density at radius 3 is 2.38 bits per heavy atom. The van der Waals surface area contributed by atoms with E-state index in [4.69, 9.17) is 0 Å². The highest BCUT2D eigenvalue weighted by molar-refractivity contribution is 5.37. The predicted molar refractivity (Wildman–Crippen MR) is 75.0 cm³/mol. The van der Waals surface area contributed by atoms with Crippen LogP contribution in [-0.4, -0.2) is 35.5 Å². The van der Waals surface area contributed by atoms with Gasteiger partial charge >= 0.3 is 6.18 Å². The highest BCUT2D eigenvalue weighted by Crippen LogP contribution is 2.34. The number of rotatable bonds is 4. The summed E-state index contributed by atoms with van der Waals surface area (Å²) in [7, 11) is 0. The molecule has 1 N–H and O–H groups in total. The average Bonchev–Trinajstić information content (AvgIpc) is 2.45. The number of halogens is 3. The molecule has 21 heavy (non-hydrogen) atoms. The Morgan fingerprint density at radius 2 is 1.90 bits per heavy atom. The number of hydrogen-bond donors (Lipinski definition) is 1. The van der Waals surface area contributed by atoms with Crippen molar-refractivity contribution in [2.24, 2.45) is 5.92 Å². The lowest BCUT2D eigenvalue weighted by molar-refractivity contribution is -0.179. The molecule has 1 aliphatic rings. The summed E-state index contributed by atoms with van der Waals surface area (Å²) in [6.07, 6.45) is -3.83. The zero-order valence-electron chi connectivity index (χ0n) is 12.3. The van der Waals surface area contributed by atoms with Gasteiger partial charge in [-0.15, -0.1) is 5.10 Å². The Labute approximate surface area is 122 Å². The van der Waals surface area contributed by atoms with E-state index in [-0.39, 0.29) is 12.8 Å². The van der Waals surface area contributed by atoms with Crippen LogP contribution in [0.2, 0.25) is 0 Å². The Bertz CT molecular complexity index is 437. The second-order valence-electron chi connectivity index (χ2n) is 5.72. The molecule has 0 unspecified atom stereocenters. The second kappa shape index (κ2) is 6.60. The van der Waals surface area contributed by atoms with Crippen LogP contribution in [0, 0.1) is 5.92 Å². The standard InChI is InChI=1S/C14H21F3N4/c1-10(2)18-9-12-3-4-13(20-19-12)21-7-5-11(6-8-21)14(15,16)17/h3-4,10-11,18H,5-9H2,1-2H3. The van der Waals surface area contributed by atoms with E-state index in [2.05, 4.69) is 15.5 Å². The fourth-order valence-corrected chi connectivity index (χ4v) is 2.36. The van der Waals surface area contributed by atoms with E-state index < -0.39 is 12.1 Å². The number of anilines is 1. The highest BCUT2D eigenvalue weighted by atomic mass is 19.4. The van der Waals surface area contributed by atoms with Gasteiger partial charge in [-0.25, -0.2) is 0 Å². The monoisotopic (exact) mass is 302 g/mol. The minimum Gasteiger partial charge on any atom is -0.355 e. The molecular weight excluding hydrogens is 281 g/mol. The van der Waals surface area contributed by atoms with Gasteiger partial charge in [0.1, 0.15) is 0 Å². The number of hydrogen-bond acceptors (Lipinski definition) is 4. The summed E-state index contributed by atoms with van der Waals surface area (Å²) in [5.41, 5.74) is 0.831. The SMILES string of the molecule is CC(C)NCc1ccc(N2CCC(C(F)(F)F)CC2)nn1. The molecule has 1 aromatic rings. The molecule has 2 rings (SSSR count). The lowest BCUT2D eigenvalue weighted by Crippen LogP contribution is -2.39. The van der Waals surface area contributed by atoms with Gasteiger partial charge < -0.3 is 10.2 Å². The van der Waals surface area contributed by atoms with Crippen molar-refractivity contribution in [1.82, 2.24) is 15.5 Å². The third-order valence-electron chi connectivity index (χ3n) is 3.68. The van der Waals surface area contributed by atoms with Gasteiger partial charge in [0.25, 0.3) is 0 Å². The molecule has 1 fully saturated rings. The van der Waals surface area contributed by atoms with Crippen molar-refractivity contribution in [1.29, 1.82) is 0 Å². The van der Waals surface area contributed by atoms with Crippen molar-refractivity contribution in [3.63, 3.8) is 0 Å². The first-order valence-electron chi connectivity index (χ1n) is 7.24. The van der Waals surface area contributed by atoms with Crippen molar-refractivity contribution < 1.29 is 13.2 Å². The molecule has 0 aromatic carbocycles. The quantitative estimate of drug-likeness (QED) is 0.928. The van der Waals surface area contributed by atoms with E-state index in [1.807, 2.05) is 30.9 Å². The van der Waals surface area contributed by atoms with Crippen molar-refractivity contribution in [2.75, 3.05) is 18.0 Å². The number of nitrogens with zero attached hydrogens (tertiary/aromatic N) is 3. The zero-order chi connectivity index (χ0) is 15.5. The molecule has 0 amide bonds. The summed E-state index contributed by atoms with van der Waals surface area (Å²) in [4.78, 5) is 1.87. The Balaban J connectivity index is 1.89. The van der Waals surface area contributed by atoms with E-state index in [0.717, 1.165) is 5.69 Å². The molecule has 0 aliphatic carbocycles. The van der Waals surface area contributed by atoms with Gasteiger partial charge in [0.2, 0.25) is 0 Å². The molecule has 118 valence electrons. The molecule has 0 saturated carbocycles. The molecule has 0 bridgehead atoms. The highest BCUT2D eigenvalue weighted by Gasteiger charge is 2.41. The first kappa shape index (κ1) is 16.0. The summed E-state index contributed by atoms with van der Waals surface area (Å²) in [5, 5.41) is 11.5. The van der Waals surface area contributed by atoms with E-state index in [1.165, 1.54) is 0 Å². The van der Waals surface area contributed by atoms with Crippen LogP contribution in [0.15, 0.2) is 12.1 Å². The van der Waals surface area contributed by atoms with Gasteiger partial charge in [-0.3, -0.25) is 0 Å². The Hall–Kier alpha value is -1.37. The first-order valence-corrected chi connectivity index (χ1v) is 7.24. The van der Waals surface area contributed by atoms with E-state index >= 15 is 0 Å². The van der Waals surface area contributed by atoms with Crippen molar-refractivity contribution in [3.05, 3.63) is 17.8 Å². The van der Waals surface area contributed by atoms with Crippen LogP contribution in [0.4, 0.5) is 19.0 Å². The predicted octanol–water partition coefficient (Wildman–Crippen LogP) is 2.75. The lowest BCUT2D eigenvalue weighted by Gasteiger charge is -2.33. The number of piperidine rings is 1. The van der Waals surface area contributed by atoms with Crippen LogP contribution < -0.4 is 10.2 Å². The maximum absolute atomic E-state index is 12.6. The van der Waals surface area contributed by atoms with Gasteiger partial charge in [-0.2, -0.15) is 18.3 Å². The fraction of sp³-hybridized carbons (Fsp3) is 0.714. The van der Waals surface area contributed by atoms with Crippen LogP contribution >= 0.6 is 0 Å². The number of aromatic nitrogens is 2. The van der Waals surface area contributed by atoms with Gasteiger partial charge in [-0.05, 0) is 25.0 Å². The summed E-state index contributed by atoms with van der Waals surface area (Å²) < 4.78 is 37.9. The normalized spacial score (nSPS) is 17.5. The van der Waals surface area contributed by atoms with E-state index in [1.54, 1.807) is 0 Å². The largest absolute Gasteiger partial charge is 0.391 e. The second-order valence-corrected chi connectivity index (χ2v) is 5.72. The minimum atomic E-state index is -4.08. The average molecular weight is 302 g/mol. The topological polar surface area (TPSA) is 41.0 Å². The summed E-state index contributed by atoms with van der Waals surface area (Å²) >= 11 is 0. The van der Waals surface area contributed by atoms with Gasteiger partial charge in [-0.1, -0.05) is 13.8 Å². The van der Waals surface area contributed by atoms with Crippen molar-refractivity contribution in [2.45, 2.75) is 45.5 Å². The fourth-order valence-electron chi connectivity index (χ4n) is 2.36. The molecule has 1 aliphatic heterocycles. The Morgan fingerprint density at radius 1 is 1.24 bits per heavy atom. The third kappa shape index (κ3) is 4.56. The number of nitrogens with one attached hydrogen (secondary N) is 1. The van der Waals surface area contributed by atoms with Crippen LogP contribution in [0.1, 0.15) is 32.4 Å². The molecule has 0 atom stereocenters. The lowest BCUT2D eigenvalue weighted by atomic mass is 9.96. The van der Waals surface area contributed by atoms with Crippen LogP contribution in [0.3, 0.4) is 0 Å². The molecule has 0 radical (unpaired) electrons. The van der Waals surface area contributed by atoms with Gasteiger partial charge in [0.15, 0.2) is 5.82 Å². The summed E-state index contributed by atoms with van der Waals surface area (Å²) in [6.45, 7) is 5.49. The molecule has 1 saturated heterocycles. The number of alkyl halides is 3. The zero-order valence-corrected chi connectivity index (χ0v) is 12.3. The van der Waals surface area contributed by atoms with E-state index in [0.29, 0.717) is 31.5 Å². The maximum Gasteiger partial charge on any atom is 0.391 e. The van der Waals surface area contributed by atoms with Crippen molar-refractivity contribution >= 4 is 5.82 Å². The molecule has 2 heterocycles. The van der Waals surface area contributed by atoms with Crippen LogP contribution in [0.25, 0.3) is 0 Å². The summed E-state index contributed by atoms with van der Waals surface area (Å²) in [6, 6.07) is 4.07. The first-order chi connectivity index (χ1) is 9.86. The summed E-state index contributed by atoms with van der Waals surface area (Å²) in [5.74, 6) is -0.528. The van der Waals surface area contributed by atoms with Crippen LogP contribution in [0.5, 0.6) is 0 Å². The minimum absolute atomic E-state index is 0.127.